The van der Waals surface area contributed by atoms with Crippen LogP contribution in [0, 0.1) is 11.3 Å². The second-order valence-corrected chi connectivity index (χ2v) is 5.51. The number of aliphatic hydroxyl groups is 1. The molecule has 1 saturated heterocycles. The van der Waals surface area contributed by atoms with Crippen LogP contribution in [-0.2, 0) is 4.74 Å². The molecule has 1 aliphatic heterocycles. The van der Waals surface area contributed by atoms with Gasteiger partial charge in [0.25, 0.3) is 0 Å². The van der Waals surface area contributed by atoms with Gasteiger partial charge in [-0.2, -0.15) is 0 Å². The van der Waals surface area contributed by atoms with E-state index in [0.717, 1.165) is 38.5 Å². The molecule has 16 heavy (non-hydrogen) atoms. The minimum atomic E-state index is 0.205. The van der Waals surface area contributed by atoms with E-state index in [9.17, 15) is 0 Å². The Bertz CT molecular complexity index is 210. The molecule has 2 fully saturated rings. The van der Waals surface area contributed by atoms with Crippen LogP contribution in [0.5, 0.6) is 0 Å². The minimum absolute atomic E-state index is 0.205. The van der Waals surface area contributed by atoms with Gasteiger partial charge >= 0.3 is 0 Å². The van der Waals surface area contributed by atoms with E-state index in [4.69, 9.17) is 9.84 Å². The summed E-state index contributed by atoms with van der Waals surface area (Å²) in [5.41, 5.74) is 0.205. The third-order valence-electron chi connectivity index (χ3n) is 4.20. The molecule has 0 aromatic heterocycles. The molecule has 1 saturated carbocycles. The summed E-state index contributed by atoms with van der Waals surface area (Å²) in [5.74, 6) is 0.915. The fourth-order valence-electron chi connectivity index (χ4n) is 2.80. The van der Waals surface area contributed by atoms with E-state index in [1.54, 1.807) is 0 Å². The van der Waals surface area contributed by atoms with Crippen LogP contribution in [0.2, 0.25) is 0 Å². The van der Waals surface area contributed by atoms with Crippen LogP contribution in [-0.4, -0.2) is 37.5 Å². The lowest BCUT2D eigenvalue weighted by atomic mass is 9.83. The van der Waals surface area contributed by atoms with E-state index >= 15 is 0 Å². The molecule has 2 unspecified atom stereocenters. The summed E-state index contributed by atoms with van der Waals surface area (Å²) in [5, 5.41) is 12.9. The van der Waals surface area contributed by atoms with Crippen LogP contribution < -0.4 is 5.32 Å². The predicted molar refractivity (Wildman–Crippen MR) is 64.4 cm³/mol. The highest BCUT2D eigenvalue weighted by Gasteiger charge is 2.36. The van der Waals surface area contributed by atoms with Gasteiger partial charge in [0.1, 0.15) is 0 Å². The van der Waals surface area contributed by atoms with Crippen molar-refractivity contribution in [1.82, 2.24) is 5.32 Å². The maximum absolute atomic E-state index is 9.15. The minimum Gasteiger partial charge on any atom is -0.396 e. The zero-order valence-corrected chi connectivity index (χ0v) is 10.4. The monoisotopic (exact) mass is 227 g/mol. The van der Waals surface area contributed by atoms with Gasteiger partial charge in [0.2, 0.25) is 0 Å². The van der Waals surface area contributed by atoms with Gasteiger partial charge < -0.3 is 15.2 Å². The smallest absolute Gasteiger partial charge is 0.0536 e. The molecule has 94 valence electrons. The Labute approximate surface area is 98.6 Å². The first-order valence-corrected chi connectivity index (χ1v) is 6.72. The second kappa shape index (κ2) is 5.48. The van der Waals surface area contributed by atoms with Gasteiger partial charge in [-0.25, -0.2) is 0 Å². The highest BCUT2D eigenvalue weighted by Crippen LogP contribution is 2.36. The summed E-state index contributed by atoms with van der Waals surface area (Å²) >= 11 is 0. The number of hydrogen-bond donors (Lipinski definition) is 2. The molecular formula is C13H25NO2. The lowest BCUT2D eigenvalue weighted by Gasteiger charge is -2.29. The number of hydrogen-bond acceptors (Lipinski definition) is 3. The number of rotatable bonds is 7. The Hall–Kier alpha value is -0.120. The highest BCUT2D eigenvalue weighted by atomic mass is 16.5. The molecule has 1 aliphatic carbocycles. The zero-order valence-electron chi connectivity index (χ0n) is 10.4. The molecule has 2 N–H and O–H groups in total. The van der Waals surface area contributed by atoms with Crippen molar-refractivity contribution in [3.8, 4) is 0 Å². The van der Waals surface area contributed by atoms with Crippen molar-refractivity contribution in [2.45, 2.75) is 45.1 Å². The summed E-state index contributed by atoms with van der Waals surface area (Å²) in [6.07, 6.45) is 5.99. The number of nitrogens with one attached hydrogen (secondary N) is 1. The average Bonchev–Trinajstić information content (AvgIpc) is 3.02. The molecular weight excluding hydrogens is 202 g/mol. The average molecular weight is 227 g/mol. The van der Waals surface area contributed by atoms with Gasteiger partial charge in [-0.3, -0.25) is 0 Å². The molecule has 3 heteroatoms. The van der Waals surface area contributed by atoms with Gasteiger partial charge in [-0.05, 0) is 38.0 Å². The zero-order chi connectivity index (χ0) is 11.4. The van der Waals surface area contributed by atoms with Gasteiger partial charge in [-0.15, -0.1) is 0 Å². The summed E-state index contributed by atoms with van der Waals surface area (Å²) in [6.45, 7) is 5.25. The topological polar surface area (TPSA) is 41.5 Å². The van der Waals surface area contributed by atoms with Crippen LogP contribution in [0.25, 0.3) is 0 Å². The van der Waals surface area contributed by atoms with Crippen molar-refractivity contribution >= 4 is 0 Å². The second-order valence-electron chi connectivity index (χ2n) is 5.51. The number of aliphatic hydroxyl groups excluding tert-OH is 1. The standard InChI is InChI=1S/C13H25NO2/c1-2-12(11-3-4-11)14-9-13(5-7-15)6-8-16-10-13/h11-12,14-15H,2-10H2,1H3. The highest BCUT2D eigenvalue weighted by molar-refractivity contribution is 4.90. The maximum Gasteiger partial charge on any atom is 0.0536 e. The van der Waals surface area contributed by atoms with Gasteiger partial charge in [-0.1, -0.05) is 6.92 Å². The summed E-state index contributed by atoms with van der Waals surface area (Å²) in [4.78, 5) is 0. The number of ether oxygens (including phenoxy) is 1. The molecule has 0 aromatic rings. The van der Waals surface area contributed by atoms with Crippen molar-refractivity contribution < 1.29 is 9.84 Å². The molecule has 0 radical (unpaired) electrons. The first-order chi connectivity index (χ1) is 7.79. The quantitative estimate of drug-likeness (QED) is 0.693. The van der Waals surface area contributed by atoms with E-state index in [2.05, 4.69) is 12.2 Å². The Morgan fingerprint density at radius 1 is 1.50 bits per heavy atom. The van der Waals surface area contributed by atoms with Crippen LogP contribution in [0.3, 0.4) is 0 Å². The summed E-state index contributed by atoms with van der Waals surface area (Å²) < 4.78 is 5.50. The maximum atomic E-state index is 9.15. The normalized spacial score (nSPS) is 31.9. The molecule has 2 rings (SSSR count). The van der Waals surface area contributed by atoms with Crippen LogP contribution in [0.4, 0.5) is 0 Å². The molecule has 0 spiro atoms. The van der Waals surface area contributed by atoms with E-state index in [-0.39, 0.29) is 12.0 Å². The van der Waals surface area contributed by atoms with E-state index in [0.29, 0.717) is 6.04 Å². The lowest BCUT2D eigenvalue weighted by Crippen LogP contribution is -2.41. The van der Waals surface area contributed by atoms with Crippen molar-refractivity contribution in [3.63, 3.8) is 0 Å². The van der Waals surface area contributed by atoms with Crippen molar-refractivity contribution in [2.75, 3.05) is 26.4 Å². The summed E-state index contributed by atoms with van der Waals surface area (Å²) in [6, 6.07) is 0.691. The first-order valence-electron chi connectivity index (χ1n) is 6.72. The Balaban J connectivity index is 1.80. The lowest BCUT2D eigenvalue weighted by molar-refractivity contribution is 0.121. The van der Waals surface area contributed by atoms with Crippen LogP contribution >= 0.6 is 0 Å². The Morgan fingerprint density at radius 3 is 2.81 bits per heavy atom. The molecule has 3 nitrogen and oxygen atoms in total. The third-order valence-corrected chi connectivity index (χ3v) is 4.20. The molecule has 2 atom stereocenters. The van der Waals surface area contributed by atoms with E-state index < -0.39 is 0 Å². The van der Waals surface area contributed by atoms with Crippen LogP contribution in [0.15, 0.2) is 0 Å². The summed E-state index contributed by atoms with van der Waals surface area (Å²) in [7, 11) is 0. The SMILES string of the molecule is CCC(NCC1(CCO)CCOC1)C1CC1. The van der Waals surface area contributed by atoms with Crippen molar-refractivity contribution in [2.24, 2.45) is 11.3 Å². The largest absolute Gasteiger partial charge is 0.396 e. The third kappa shape index (κ3) is 2.96. The molecule has 2 aliphatic rings. The molecule has 0 aromatic carbocycles. The van der Waals surface area contributed by atoms with Crippen LogP contribution in [0.1, 0.15) is 39.0 Å². The molecule has 1 heterocycles. The Kier molecular flexibility index (Phi) is 4.22. The molecule has 0 bridgehead atoms. The van der Waals surface area contributed by atoms with Gasteiger partial charge in [0.05, 0.1) is 6.61 Å². The van der Waals surface area contributed by atoms with Crippen molar-refractivity contribution in [3.05, 3.63) is 0 Å². The van der Waals surface area contributed by atoms with Crippen molar-refractivity contribution in [1.29, 1.82) is 0 Å². The molecule has 0 amide bonds. The van der Waals surface area contributed by atoms with E-state index in [1.807, 2.05) is 0 Å². The fraction of sp³-hybridized carbons (Fsp3) is 1.00. The Morgan fingerprint density at radius 2 is 2.31 bits per heavy atom. The van der Waals surface area contributed by atoms with Gasteiger partial charge in [0.15, 0.2) is 0 Å². The fourth-order valence-corrected chi connectivity index (χ4v) is 2.80. The first kappa shape index (κ1) is 12.3. The predicted octanol–water partition coefficient (Wildman–Crippen LogP) is 1.55. The van der Waals surface area contributed by atoms with Gasteiger partial charge in [0, 0.05) is 31.2 Å². The van der Waals surface area contributed by atoms with E-state index in [1.165, 1.54) is 19.3 Å².